The molecule has 0 atom stereocenters. The minimum atomic E-state index is 1.00. The van der Waals surface area contributed by atoms with Gasteiger partial charge in [-0.15, -0.1) is 0 Å². The minimum Gasteiger partial charge on any atom is -0.256 e. The predicted octanol–water partition coefficient (Wildman–Crippen LogP) is 12.3. The van der Waals surface area contributed by atoms with Crippen molar-refractivity contribution in [3.63, 3.8) is 0 Å². The van der Waals surface area contributed by atoms with Crippen LogP contribution in [0, 0.1) is 0 Å². The lowest BCUT2D eigenvalue weighted by Crippen LogP contribution is -1.90. The van der Waals surface area contributed by atoms with Gasteiger partial charge in [-0.3, -0.25) is 4.98 Å². The second kappa shape index (κ2) is 8.78. The summed E-state index contributed by atoms with van der Waals surface area (Å²) in [6, 6.07) is 54.0. The van der Waals surface area contributed by atoms with Crippen LogP contribution in [0.4, 0.5) is 0 Å². The molecule has 0 bridgehead atoms. The summed E-state index contributed by atoms with van der Waals surface area (Å²) in [5.41, 5.74) is 15.3. The second-order valence-electron chi connectivity index (χ2n) is 12.6. The average Bonchev–Trinajstić information content (AvgIpc) is 3.62. The molecule has 9 aromatic rings. The van der Waals surface area contributed by atoms with Crippen molar-refractivity contribution in [2.45, 2.75) is 0 Å². The number of aromatic nitrogens is 1. The van der Waals surface area contributed by atoms with Crippen molar-refractivity contribution < 1.29 is 0 Å². The van der Waals surface area contributed by atoms with E-state index >= 15 is 0 Å². The molecule has 2 aliphatic rings. The molecular weight excluding hydrogens is 555 g/mol. The van der Waals surface area contributed by atoms with Crippen LogP contribution in [-0.4, -0.2) is 4.98 Å². The van der Waals surface area contributed by atoms with E-state index in [2.05, 4.69) is 145 Å². The molecule has 210 valence electrons. The third kappa shape index (κ3) is 3.07. The minimum absolute atomic E-state index is 1.00. The second-order valence-corrected chi connectivity index (χ2v) is 12.6. The van der Waals surface area contributed by atoms with E-state index in [9.17, 15) is 0 Å². The first-order valence-electron chi connectivity index (χ1n) is 16.0. The van der Waals surface area contributed by atoms with Crippen LogP contribution in [0.15, 0.2) is 152 Å². The van der Waals surface area contributed by atoms with Crippen LogP contribution >= 0.6 is 0 Å². The molecule has 2 aliphatic carbocycles. The van der Waals surface area contributed by atoms with Gasteiger partial charge in [-0.1, -0.05) is 115 Å². The Morgan fingerprint density at radius 3 is 1.67 bits per heavy atom. The average molecular weight is 580 g/mol. The highest BCUT2D eigenvalue weighted by Gasteiger charge is 2.29. The lowest BCUT2D eigenvalue weighted by Gasteiger charge is -2.17. The number of benzene rings is 8. The highest BCUT2D eigenvalue weighted by molar-refractivity contribution is 6.31. The highest BCUT2D eigenvalue weighted by atomic mass is 14.7. The number of hydrogen-bond acceptors (Lipinski definition) is 1. The van der Waals surface area contributed by atoms with Gasteiger partial charge in [0.05, 0.1) is 5.69 Å². The monoisotopic (exact) mass is 579 g/mol. The summed E-state index contributed by atoms with van der Waals surface area (Å²) in [5, 5.41) is 10.5. The quantitative estimate of drug-likeness (QED) is 0.186. The highest BCUT2D eigenvalue weighted by Crippen LogP contribution is 2.56. The summed E-state index contributed by atoms with van der Waals surface area (Å²) >= 11 is 0. The summed E-state index contributed by atoms with van der Waals surface area (Å²) in [7, 11) is 0. The molecule has 1 aromatic heterocycles. The summed E-state index contributed by atoms with van der Waals surface area (Å²) in [4.78, 5) is 4.66. The Hall–Kier alpha value is -6.05. The van der Waals surface area contributed by atoms with E-state index in [1.165, 1.54) is 98.7 Å². The third-order valence-corrected chi connectivity index (χ3v) is 10.4. The molecule has 1 heteroatoms. The van der Waals surface area contributed by atoms with E-state index in [-0.39, 0.29) is 0 Å². The fourth-order valence-electron chi connectivity index (χ4n) is 8.46. The van der Waals surface area contributed by atoms with Crippen LogP contribution < -0.4 is 0 Å². The van der Waals surface area contributed by atoms with Crippen molar-refractivity contribution in [3.8, 4) is 66.9 Å². The first kappa shape index (κ1) is 24.3. The molecular formula is C45H25N. The van der Waals surface area contributed by atoms with E-state index in [1.807, 2.05) is 12.3 Å². The maximum atomic E-state index is 4.66. The third-order valence-electron chi connectivity index (χ3n) is 10.4. The molecule has 11 rings (SSSR count). The van der Waals surface area contributed by atoms with Crippen molar-refractivity contribution in [1.82, 2.24) is 4.98 Å². The van der Waals surface area contributed by atoms with Crippen LogP contribution in [-0.2, 0) is 0 Å². The normalized spacial score (nSPS) is 12.3. The van der Waals surface area contributed by atoms with Crippen molar-refractivity contribution in [3.05, 3.63) is 152 Å². The molecule has 1 heterocycles. The largest absolute Gasteiger partial charge is 0.256 e. The Balaban J connectivity index is 1.22. The van der Waals surface area contributed by atoms with Crippen LogP contribution in [0.1, 0.15) is 0 Å². The molecule has 0 amide bonds. The van der Waals surface area contributed by atoms with Crippen molar-refractivity contribution in [2.75, 3.05) is 0 Å². The van der Waals surface area contributed by atoms with Gasteiger partial charge < -0.3 is 0 Å². The zero-order chi connectivity index (χ0) is 29.9. The molecule has 0 aliphatic heterocycles. The number of nitrogens with zero attached hydrogens (tertiary/aromatic N) is 1. The van der Waals surface area contributed by atoms with Gasteiger partial charge in [0.2, 0.25) is 0 Å². The summed E-state index contributed by atoms with van der Waals surface area (Å²) in [5.74, 6) is 0. The molecule has 0 radical (unpaired) electrons. The van der Waals surface area contributed by atoms with Gasteiger partial charge in [0.25, 0.3) is 0 Å². The molecule has 0 saturated heterocycles. The van der Waals surface area contributed by atoms with Gasteiger partial charge in [0, 0.05) is 11.8 Å². The molecule has 8 aromatic carbocycles. The molecule has 0 N–H and O–H groups in total. The topological polar surface area (TPSA) is 12.9 Å². The van der Waals surface area contributed by atoms with Crippen LogP contribution in [0.3, 0.4) is 0 Å². The summed E-state index contributed by atoms with van der Waals surface area (Å²) < 4.78 is 0. The number of pyridine rings is 1. The molecule has 1 nitrogen and oxygen atoms in total. The number of fused-ring (bicyclic) bond motifs is 9. The van der Waals surface area contributed by atoms with Gasteiger partial charge in [-0.25, -0.2) is 0 Å². The van der Waals surface area contributed by atoms with Gasteiger partial charge in [0.15, 0.2) is 0 Å². The SMILES string of the molecule is c1ccc(-c2ccc3c(c2)-c2cccc4c(-c5ccc6c7c(cccc57)-c5cc7ccccc7cc5-6)c5ccccc5c-3c24)nc1. The van der Waals surface area contributed by atoms with Gasteiger partial charge >= 0.3 is 0 Å². The van der Waals surface area contributed by atoms with Crippen molar-refractivity contribution >= 4 is 43.1 Å². The van der Waals surface area contributed by atoms with E-state index in [1.54, 1.807) is 0 Å². The van der Waals surface area contributed by atoms with Gasteiger partial charge in [0.1, 0.15) is 0 Å². The van der Waals surface area contributed by atoms with E-state index in [4.69, 9.17) is 0 Å². The maximum absolute atomic E-state index is 4.66. The van der Waals surface area contributed by atoms with Crippen LogP contribution in [0.25, 0.3) is 110 Å². The predicted molar refractivity (Wildman–Crippen MR) is 194 cm³/mol. The first-order chi connectivity index (χ1) is 22.8. The molecule has 0 unspecified atom stereocenters. The lowest BCUT2D eigenvalue weighted by atomic mass is 9.85. The standard InChI is InChI=1S/C45H25N/c1-2-10-27-24-40-35-21-20-34(30-13-7-14-32(42(30)35)39(40)23-26(27)9-1)43-29-11-3-4-12-31(29)44-36-19-18-28(41-17-5-6-22-46-41)25-38(36)33-15-8-16-37(43)45(33)44/h1-25H. The fraction of sp³-hybridized carbons (Fsp3) is 0. The Morgan fingerprint density at radius 1 is 0.326 bits per heavy atom. The number of rotatable bonds is 2. The fourth-order valence-corrected chi connectivity index (χ4v) is 8.46. The zero-order valence-corrected chi connectivity index (χ0v) is 24.9. The Bertz CT molecular complexity index is 2740. The van der Waals surface area contributed by atoms with Gasteiger partial charge in [-0.2, -0.15) is 0 Å². The van der Waals surface area contributed by atoms with Crippen molar-refractivity contribution in [2.24, 2.45) is 0 Å². The van der Waals surface area contributed by atoms with E-state index in [0.717, 1.165) is 11.3 Å². The maximum Gasteiger partial charge on any atom is 0.0702 e. The van der Waals surface area contributed by atoms with E-state index < -0.39 is 0 Å². The lowest BCUT2D eigenvalue weighted by molar-refractivity contribution is 1.33. The van der Waals surface area contributed by atoms with Crippen LogP contribution in [0.2, 0.25) is 0 Å². The molecule has 0 fully saturated rings. The smallest absolute Gasteiger partial charge is 0.0702 e. The summed E-state index contributed by atoms with van der Waals surface area (Å²) in [6.07, 6.45) is 1.87. The first-order valence-corrected chi connectivity index (χ1v) is 16.0. The zero-order valence-electron chi connectivity index (χ0n) is 24.9. The molecule has 0 saturated carbocycles. The summed E-state index contributed by atoms with van der Waals surface area (Å²) in [6.45, 7) is 0. The van der Waals surface area contributed by atoms with E-state index in [0.29, 0.717) is 0 Å². The Morgan fingerprint density at radius 2 is 0.913 bits per heavy atom. The number of hydrogen-bond donors (Lipinski definition) is 0. The molecule has 0 spiro atoms. The Kier molecular flexibility index (Phi) is 4.63. The van der Waals surface area contributed by atoms with Crippen LogP contribution in [0.5, 0.6) is 0 Å². The van der Waals surface area contributed by atoms with Crippen molar-refractivity contribution in [1.29, 1.82) is 0 Å². The van der Waals surface area contributed by atoms with Gasteiger partial charge in [-0.05, 0) is 129 Å². The Labute approximate surface area is 266 Å². The molecule has 46 heavy (non-hydrogen) atoms.